The number of fused-ring (bicyclic) bond motifs is 2. The van der Waals surface area contributed by atoms with E-state index in [0.29, 0.717) is 29.6 Å². The van der Waals surface area contributed by atoms with Gasteiger partial charge >= 0.3 is 0 Å². The molecule has 4 fully saturated rings. The predicted molar refractivity (Wildman–Crippen MR) is 178 cm³/mol. The molecular formula is C35H62N2O8. The van der Waals surface area contributed by atoms with E-state index in [-0.39, 0.29) is 12.9 Å². The number of primary amides is 1. The first-order chi connectivity index (χ1) is 21.6. The molecule has 1 saturated heterocycles. The smallest absolute Gasteiger partial charge is 0.290 e. The first kappa shape index (κ1) is 42.6. The first-order valence-electron chi connectivity index (χ1n) is 16.3. The Labute approximate surface area is 272 Å². The Morgan fingerprint density at radius 3 is 1.53 bits per heavy atom. The van der Waals surface area contributed by atoms with Crippen molar-refractivity contribution in [2.75, 3.05) is 47.1 Å². The monoisotopic (exact) mass is 638 g/mol. The Morgan fingerprint density at radius 1 is 0.778 bits per heavy atom. The van der Waals surface area contributed by atoms with Crippen LogP contribution in [0.4, 0.5) is 0 Å². The van der Waals surface area contributed by atoms with E-state index in [9.17, 15) is 0 Å². The van der Waals surface area contributed by atoms with Gasteiger partial charge in [-0.1, -0.05) is 20.1 Å². The van der Waals surface area contributed by atoms with Gasteiger partial charge in [0.15, 0.2) is 0 Å². The number of amides is 1. The molecule has 3 unspecified atom stereocenters. The molecule has 1 amide bonds. The highest BCUT2D eigenvalue weighted by molar-refractivity contribution is 5.63. The fourth-order valence-corrected chi connectivity index (χ4v) is 7.79. The highest BCUT2D eigenvalue weighted by atomic mass is 16.5. The Balaban J connectivity index is 0.00000117. The Kier molecular flexibility index (Phi) is 23.5. The molecule has 3 aliphatic carbocycles. The summed E-state index contributed by atoms with van der Waals surface area (Å²) in [6.45, 7) is 16.5. The molecule has 4 aliphatic rings. The van der Waals surface area contributed by atoms with Crippen LogP contribution in [0.3, 0.4) is 0 Å². The predicted octanol–water partition coefficient (Wildman–Crippen LogP) is 5.09. The van der Waals surface area contributed by atoms with E-state index < -0.39 is 0 Å². The van der Waals surface area contributed by atoms with E-state index in [0.717, 1.165) is 43.5 Å². The van der Waals surface area contributed by atoms with Crippen LogP contribution in [0, 0.1) is 29.1 Å². The number of carbonyl (C=O) groups is 4. The second-order valence-electron chi connectivity index (χ2n) is 13.4. The van der Waals surface area contributed by atoms with Gasteiger partial charge in [0.05, 0.1) is 6.10 Å². The van der Waals surface area contributed by atoms with Crippen molar-refractivity contribution in [3.63, 3.8) is 0 Å². The molecule has 0 aromatic carbocycles. The van der Waals surface area contributed by atoms with Gasteiger partial charge in [0.25, 0.3) is 6.47 Å². The second kappa shape index (κ2) is 24.8. The van der Waals surface area contributed by atoms with E-state index in [1.165, 1.54) is 95.9 Å². The molecule has 45 heavy (non-hydrogen) atoms. The van der Waals surface area contributed by atoms with Crippen LogP contribution in [-0.2, 0) is 33.4 Å². The van der Waals surface area contributed by atoms with Crippen molar-refractivity contribution in [3.05, 3.63) is 25.3 Å². The SMILES string of the molecule is C=CC=O.C=CC=O.COCC1CCC(COC2CC3(C)CN(CC4CCC(COC)CC4)C(C)(C2)C3)CC1.NC=O.O=CO. The van der Waals surface area contributed by atoms with Gasteiger partial charge in [0.2, 0.25) is 6.41 Å². The maximum atomic E-state index is 9.06. The lowest BCUT2D eigenvalue weighted by atomic mass is 9.70. The normalized spacial score (nSPS) is 31.7. The minimum absolute atomic E-state index is 0.250. The van der Waals surface area contributed by atoms with Crippen LogP contribution in [0.2, 0.25) is 0 Å². The molecule has 3 saturated carbocycles. The van der Waals surface area contributed by atoms with Gasteiger partial charge in [-0.2, -0.15) is 0 Å². The summed E-state index contributed by atoms with van der Waals surface area (Å²) >= 11 is 0. The lowest BCUT2D eigenvalue weighted by molar-refractivity contribution is -0.123. The highest BCUT2D eigenvalue weighted by Gasteiger charge is 2.54. The molecule has 10 heteroatoms. The molecule has 3 atom stereocenters. The lowest BCUT2D eigenvalue weighted by Gasteiger charge is -2.43. The third-order valence-electron chi connectivity index (χ3n) is 9.51. The van der Waals surface area contributed by atoms with Crippen LogP contribution in [-0.4, -0.2) is 94.2 Å². The van der Waals surface area contributed by atoms with E-state index in [1.807, 2.05) is 14.2 Å². The van der Waals surface area contributed by atoms with Crippen LogP contribution in [0.15, 0.2) is 25.3 Å². The number of allylic oxidation sites excluding steroid dienone is 2. The number of carboxylic acid groups (broad SMARTS) is 1. The van der Waals surface area contributed by atoms with Crippen LogP contribution < -0.4 is 5.73 Å². The van der Waals surface area contributed by atoms with E-state index in [4.69, 9.17) is 38.5 Å². The molecule has 0 aromatic heterocycles. The molecule has 260 valence electrons. The Bertz CT molecular complexity index is 796. The summed E-state index contributed by atoms with van der Waals surface area (Å²) in [6, 6.07) is 0. The van der Waals surface area contributed by atoms with Crippen molar-refractivity contribution in [2.45, 2.75) is 96.1 Å². The number of methoxy groups -OCH3 is 2. The minimum atomic E-state index is -0.250. The standard InChI is InChI=1S/C27H49NO3.2C3H4O.CH3NO.CH2O2/c1-26-13-25(31-18-24-11-9-23(10-12-24)17-30-4)14-27(2,19-26)28(20-26)15-21-5-7-22(8-6-21)16-29-3;2*1-2-3-4;2*2-1-3/h21-25H,5-20H2,1-4H3;2*2-3H,1H2;1H,(H2,2,3);1H,(H,2,3). The number of nitrogens with zero attached hydrogens (tertiary/aromatic N) is 1. The van der Waals surface area contributed by atoms with Gasteiger partial charge in [0, 0.05) is 52.7 Å². The lowest BCUT2D eigenvalue weighted by Crippen LogP contribution is -2.47. The van der Waals surface area contributed by atoms with Gasteiger partial charge in [-0.25, -0.2) is 0 Å². The number of carbonyl (C=O) groups excluding carboxylic acids is 3. The van der Waals surface area contributed by atoms with E-state index in [2.05, 4.69) is 37.6 Å². The van der Waals surface area contributed by atoms with E-state index >= 15 is 0 Å². The fourth-order valence-electron chi connectivity index (χ4n) is 7.79. The van der Waals surface area contributed by atoms with Gasteiger partial charge in [-0.15, -0.1) is 0 Å². The molecule has 0 aromatic rings. The summed E-state index contributed by atoms with van der Waals surface area (Å²) in [7, 11) is 3.69. The molecule has 4 rings (SSSR count). The third kappa shape index (κ3) is 17.2. The van der Waals surface area contributed by atoms with Crippen molar-refractivity contribution in [3.8, 4) is 0 Å². The topological polar surface area (TPSA) is 145 Å². The molecule has 2 bridgehead atoms. The molecular weight excluding hydrogens is 576 g/mol. The van der Waals surface area contributed by atoms with Crippen molar-refractivity contribution in [1.29, 1.82) is 0 Å². The molecule has 1 heterocycles. The summed E-state index contributed by atoms with van der Waals surface area (Å²) in [5.41, 5.74) is 4.96. The summed E-state index contributed by atoms with van der Waals surface area (Å²) in [6.07, 6.45) is 19.0. The summed E-state index contributed by atoms with van der Waals surface area (Å²) in [5, 5.41) is 6.89. The number of rotatable bonds is 11. The number of likely N-dealkylation sites (tertiary alicyclic amines) is 1. The zero-order valence-corrected chi connectivity index (χ0v) is 28.4. The zero-order valence-electron chi connectivity index (χ0n) is 28.4. The molecule has 1 aliphatic heterocycles. The van der Waals surface area contributed by atoms with Crippen LogP contribution in [0.25, 0.3) is 0 Å². The van der Waals surface area contributed by atoms with Gasteiger partial charge in [0.1, 0.15) is 12.6 Å². The quantitative estimate of drug-likeness (QED) is 0.234. The molecule has 0 radical (unpaired) electrons. The molecule has 3 N–H and O–H groups in total. The van der Waals surface area contributed by atoms with Crippen LogP contribution >= 0.6 is 0 Å². The minimum Gasteiger partial charge on any atom is -0.483 e. The summed E-state index contributed by atoms with van der Waals surface area (Å²) in [4.78, 5) is 37.9. The van der Waals surface area contributed by atoms with Gasteiger partial charge < -0.3 is 25.1 Å². The Hall–Kier alpha value is -2.40. The number of hydrogen-bond donors (Lipinski definition) is 2. The van der Waals surface area contributed by atoms with Gasteiger partial charge in [-0.3, -0.25) is 24.1 Å². The highest BCUT2D eigenvalue weighted by Crippen LogP contribution is 2.52. The first-order valence-corrected chi connectivity index (χ1v) is 16.3. The maximum absolute atomic E-state index is 9.06. The van der Waals surface area contributed by atoms with Crippen LogP contribution in [0.5, 0.6) is 0 Å². The number of hydrogen-bond acceptors (Lipinski definition) is 8. The van der Waals surface area contributed by atoms with Crippen molar-refractivity contribution < 1.29 is 38.5 Å². The fraction of sp³-hybridized carbons (Fsp3) is 0.771. The zero-order chi connectivity index (χ0) is 34.1. The van der Waals surface area contributed by atoms with Gasteiger partial charge in [-0.05, 0) is 119 Å². The van der Waals surface area contributed by atoms with Crippen molar-refractivity contribution in [2.24, 2.45) is 34.8 Å². The number of ether oxygens (including phenoxy) is 3. The number of nitrogens with two attached hydrogens (primary N) is 1. The second-order valence-corrected chi connectivity index (χ2v) is 13.4. The Morgan fingerprint density at radius 2 is 1.16 bits per heavy atom. The summed E-state index contributed by atoms with van der Waals surface area (Å²) in [5.74, 6) is 3.23. The third-order valence-corrected chi connectivity index (χ3v) is 9.51. The van der Waals surface area contributed by atoms with Crippen molar-refractivity contribution >= 4 is 25.5 Å². The average Bonchev–Trinajstić information content (AvgIpc) is 3.21. The molecule has 0 spiro atoms. The largest absolute Gasteiger partial charge is 0.483 e. The van der Waals surface area contributed by atoms with E-state index in [1.54, 1.807) is 0 Å². The number of aldehydes is 2. The van der Waals surface area contributed by atoms with Crippen LogP contribution in [0.1, 0.15) is 84.5 Å². The molecule has 10 nitrogen and oxygen atoms in total. The van der Waals surface area contributed by atoms with Crippen molar-refractivity contribution in [1.82, 2.24) is 4.90 Å². The summed E-state index contributed by atoms with van der Waals surface area (Å²) < 4.78 is 17.4. The average molecular weight is 639 g/mol. The maximum Gasteiger partial charge on any atom is 0.290 e.